The van der Waals surface area contributed by atoms with Crippen LogP contribution in [0.25, 0.3) is 0 Å². The van der Waals surface area contributed by atoms with Gasteiger partial charge in [-0.25, -0.2) is 0 Å². The zero-order valence-corrected chi connectivity index (χ0v) is 12.2. The van der Waals surface area contributed by atoms with E-state index in [1.54, 1.807) is 7.11 Å². The highest BCUT2D eigenvalue weighted by Gasteiger charge is 2.30. The molecular weight excluding hydrogens is 238 g/mol. The molecule has 1 atom stereocenters. The highest BCUT2D eigenvalue weighted by atomic mass is 16.5. The summed E-state index contributed by atoms with van der Waals surface area (Å²) in [6, 6.07) is 7.28. The lowest BCUT2D eigenvalue weighted by Crippen LogP contribution is -2.35. The highest BCUT2D eigenvalue weighted by Crippen LogP contribution is 2.28. The minimum absolute atomic E-state index is 0.392. The topological polar surface area (TPSA) is 32.7 Å². The molecule has 0 amide bonds. The number of aliphatic hydroxyl groups is 1. The van der Waals surface area contributed by atoms with Crippen molar-refractivity contribution in [1.29, 1.82) is 0 Å². The zero-order chi connectivity index (χ0) is 13.8. The van der Waals surface area contributed by atoms with E-state index in [2.05, 4.69) is 36.9 Å². The first-order valence-corrected chi connectivity index (χ1v) is 7.07. The zero-order valence-electron chi connectivity index (χ0n) is 12.2. The van der Waals surface area contributed by atoms with Crippen molar-refractivity contribution in [1.82, 2.24) is 4.90 Å². The van der Waals surface area contributed by atoms with Crippen molar-refractivity contribution in [2.75, 3.05) is 20.3 Å². The summed E-state index contributed by atoms with van der Waals surface area (Å²) in [7, 11) is 1.63. The van der Waals surface area contributed by atoms with Gasteiger partial charge in [-0.2, -0.15) is 0 Å². The smallest absolute Gasteiger partial charge is 0.0900 e. The molecule has 1 aromatic carbocycles. The Labute approximate surface area is 116 Å². The van der Waals surface area contributed by atoms with Gasteiger partial charge in [-0.15, -0.1) is 0 Å². The van der Waals surface area contributed by atoms with Crippen molar-refractivity contribution < 1.29 is 9.84 Å². The van der Waals surface area contributed by atoms with Gasteiger partial charge in [0.1, 0.15) is 0 Å². The molecule has 0 aliphatic heterocycles. The molecule has 3 heteroatoms. The summed E-state index contributed by atoms with van der Waals surface area (Å²) in [4.78, 5) is 2.38. The minimum Gasteiger partial charge on any atom is -0.389 e. The van der Waals surface area contributed by atoms with Crippen molar-refractivity contribution >= 4 is 0 Å². The van der Waals surface area contributed by atoms with E-state index in [4.69, 9.17) is 4.74 Å². The average Bonchev–Trinajstić information content (AvgIpc) is 3.17. The lowest BCUT2D eigenvalue weighted by Gasteiger charge is -2.25. The largest absolute Gasteiger partial charge is 0.389 e. The maximum Gasteiger partial charge on any atom is 0.0900 e. The summed E-state index contributed by atoms with van der Waals surface area (Å²) in [5.74, 6) is 0. The second-order valence-corrected chi connectivity index (χ2v) is 5.69. The van der Waals surface area contributed by atoms with Gasteiger partial charge in [0.05, 0.1) is 12.7 Å². The molecule has 0 saturated heterocycles. The molecule has 0 radical (unpaired) electrons. The normalized spacial score (nSPS) is 16.9. The third-order valence-electron chi connectivity index (χ3n) is 3.82. The van der Waals surface area contributed by atoms with Gasteiger partial charge in [-0.05, 0) is 43.4 Å². The quantitative estimate of drug-likeness (QED) is 0.819. The molecule has 2 rings (SSSR count). The Bertz CT molecular complexity index is 415. The summed E-state index contributed by atoms with van der Waals surface area (Å²) in [6.07, 6.45) is 2.12. The lowest BCUT2D eigenvalue weighted by molar-refractivity contribution is 0.0337. The maximum absolute atomic E-state index is 9.91. The number of benzene rings is 1. The first kappa shape index (κ1) is 14.5. The fourth-order valence-electron chi connectivity index (χ4n) is 2.43. The molecule has 0 heterocycles. The van der Waals surface area contributed by atoms with E-state index < -0.39 is 6.10 Å². The molecule has 1 aliphatic rings. The Balaban J connectivity index is 1.97. The van der Waals surface area contributed by atoms with E-state index in [1.165, 1.54) is 29.5 Å². The van der Waals surface area contributed by atoms with Gasteiger partial charge in [0, 0.05) is 26.2 Å². The van der Waals surface area contributed by atoms with Gasteiger partial charge in [-0.1, -0.05) is 18.2 Å². The molecule has 1 N–H and O–H groups in total. The highest BCUT2D eigenvalue weighted by molar-refractivity contribution is 5.30. The Morgan fingerprint density at radius 1 is 1.32 bits per heavy atom. The van der Waals surface area contributed by atoms with Gasteiger partial charge in [0.2, 0.25) is 0 Å². The van der Waals surface area contributed by atoms with E-state index >= 15 is 0 Å². The summed E-state index contributed by atoms with van der Waals surface area (Å²) < 4.78 is 5.01. The number of aliphatic hydroxyl groups excluding tert-OH is 1. The van der Waals surface area contributed by atoms with Crippen LogP contribution >= 0.6 is 0 Å². The van der Waals surface area contributed by atoms with Crippen LogP contribution in [0.2, 0.25) is 0 Å². The van der Waals surface area contributed by atoms with Gasteiger partial charge in [0.25, 0.3) is 0 Å². The average molecular weight is 263 g/mol. The Morgan fingerprint density at radius 3 is 2.63 bits per heavy atom. The Hall–Kier alpha value is -0.900. The molecule has 3 nitrogen and oxygen atoms in total. The SMILES string of the molecule is COC[C@H](O)CN(Cc1ccc(C)c(C)c1)C1CC1. The molecular formula is C16H25NO2. The second-order valence-electron chi connectivity index (χ2n) is 5.69. The third-order valence-corrected chi connectivity index (χ3v) is 3.82. The first-order valence-electron chi connectivity index (χ1n) is 7.07. The molecule has 1 fully saturated rings. The van der Waals surface area contributed by atoms with Crippen LogP contribution in [0.5, 0.6) is 0 Å². The fraction of sp³-hybridized carbons (Fsp3) is 0.625. The number of ether oxygens (including phenoxy) is 1. The van der Waals surface area contributed by atoms with E-state index in [1.807, 2.05) is 0 Å². The van der Waals surface area contributed by atoms with Gasteiger partial charge in [0.15, 0.2) is 0 Å². The molecule has 0 bridgehead atoms. The number of aryl methyl sites for hydroxylation is 2. The van der Waals surface area contributed by atoms with Gasteiger partial charge in [-0.3, -0.25) is 4.90 Å². The summed E-state index contributed by atoms with van der Waals surface area (Å²) in [5, 5.41) is 9.91. The summed E-state index contributed by atoms with van der Waals surface area (Å²) in [6.45, 7) is 6.33. The monoisotopic (exact) mass is 263 g/mol. The number of rotatable bonds is 7. The molecule has 0 spiro atoms. The minimum atomic E-state index is -0.392. The first-order chi connectivity index (χ1) is 9.10. The molecule has 1 saturated carbocycles. The molecule has 0 unspecified atom stereocenters. The van der Waals surface area contributed by atoms with Crippen LogP contribution in [-0.2, 0) is 11.3 Å². The van der Waals surface area contributed by atoms with Crippen molar-refractivity contribution in [2.45, 2.75) is 45.4 Å². The molecule has 1 aliphatic carbocycles. The van der Waals surface area contributed by atoms with Crippen molar-refractivity contribution in [3.05, 3.63) is 34.9 Å². The lowest BCUT2D eigenvalue weighted by atomic mass is 10.1. The van der Waals surface area contributed by atoms with Crippen LogP contribution in [0.15, 0.2) is 18.2 Å². The van der Waals surface area contributed by atoms with Crippen molar-refractivity contribution in [3.63, 3.8) is 0 Å². The van der Waals surface area contributed by atoms with Crippen LogP contribution in [-0.4, -0.2) is 42.4 Å². The molecule has 106 valence electrons. The van der Waals surface area contributed by atoms with Crippen LogP contribution in [0, 0.1) is 13.8 Å². The Kier molecular flexibility index (Phi) is 4.97. The van der Waals surface area contributed by atoms with E-state index in [0.29, 0.717) is 19.2 Å². The van der Waals surface area contributed by atoms with Crippen LogP contribution < -0.4 is 0 Å². The number of hydrogen-bond acceptors (Lipinski definition) is 3. The van der Waals surface area contributed by atoms with Crippen LogP contribution in [0.1, 0.15) is 29.5 Å². The van der Waals surface area contributed by atoms with E-state index in [-0.39, 0.29) is 0 Å². The van der Waals surface area contributed by atoms with Crippen molar-refractivity contribution in [2.24, 2.45) is 0 Å². The third kappa shape index (κ3) is 4.30. The van der Waals surface area contributed by atoms with Crippen LogP contribution in [0.3, 0.4) is 0 Å². The van der Waals surface area contributed by atoms with E-state index in [9.17, 15) is 5.11 Å². The standard InChI is InChI=1S/C16H25NO2/c1-12-4-5-14(8-13(12)2)9-17(15-6-7-15)10-16(18)11-19-3/h4-5,8,15-16,18H,6-7,9-11H2,1-3H3/t16-/m1/s1. The molecule has 1 aromatic rings. The summed E-state index contributed by atoms with van der Waals surface area (Å²) in [5.41, 5.74) is 4.01. The van der Waals surface area contributed by atoms with Gasteiger partial charge < -0.3 is 9.84 Å². The van der Waals surface area contributed by atoms with Crippen LogP contribution in [0.4, 0.5) is 0 Å². The fourth-order valence-corrected chi connectivity index (χ4v) is 2.43. The number of nitrogens with zero attached hydrogens (tertiary/aromatic N) is 1. The maximum atomic E-state index is 9.91. The van der Waals surface area contributed by atoms with E-state index in [0.717, 1.165) is 6.54 Å². The van der Waals surface area contributed by atoms with Gasteiger partial charge >= 0.3 is 0 Å². The second kappa shape index (κ2) is 6.51. The number of hydrogen-bond donors (Lipinski definition) is 1. The Morgan fingerprint density at radius 2 is 2.05 bits per heavy atom. The molecule has 19 heavy (non-hydrogen) atoms. The molecule has 0 aromatic heterocycles. The predicted octanol–water partition coefficient (Wildman–Crippen LogP) is 2.28. The summed E-state index contributed by atoms with van der Waals surface area (Å²) >= 11 is 0. The van der Waals surface area contributed by atoms with Crippen molar-refractivity contribution in [3.8, 4) is 0 Å². The predicted molar refractivity (Wildman–Crippen MR) is 77.2 cm³/mol. The number of methoxy groups -OCH3 is 1.